The smallest absolute Gasteiger partial charge is 0.323 e. The molecular weight excluding hydrogens is 380 g/mol. The highest BCUT2D eigenvalue weighted by molar-refractivity contribution is 6.30. The van der Waals surface area contributed by atoms with Crippen molar-refractivity contribution in [3.05, 3.63) is 70.9 Å². The number of nitrogens with zero attached hydrogens (tertiary/aromatic N) is 3. The molecule has 2 aromatic carbocycles. The zero-order chi connectivity index (χ0) is 19.7. The minimum Gasteiger partial charge on any atom is -0.425 e. The molecule has 1 N–H and O–H groups in total. The molecule has 0 aliphatic carbocycles. The monoisotopic (exact) mass is 396 g/mol. The van der Waals surface area contributed by atoms with Crippen LogP contribution in [0, 0.1) is 0 Å². The van der Waals surface area contributed by atoms with Gasteiger partial charge >= 0.3 is 12.0 Å². The summed E-state index contributed by atoms with van der Waals surface area (Å²) >= 11 is 5.98. The first-order valence-corrected chi connectivity index (χ1v) is 9.03. The molecule has 0 atom stereocenters. The van der Waals surface area contributed by atoms with Gasteiger partial charge in [-0.3, -0.25) is 14.3 Å². The van der Waals surface area contributed by atoms with Crippen LogP contribution in [0.1, 0.15) is 16.1 Å². The average Bonchev–Trinajstić information content (AvgIpc) is 3.01. The van der Waals surface area contributed by atoms with E-state index in [4.69, 9.17) is 16.3 Å². The number of aromatic nitrogens is 2. The van der Waals surface area contributed by atoms with Crippen molar-refractivity contribution in [3.63, 3.8) is 0 Å². The van der Waals surface area contributed by atoms with Gasteiger partial charge in [-0.1, -0.05) is 41.9 Å². The number of anilines is 1. The molecule has 142 valence electrons. The Morgan fingerprint density at radius 3 is 2.54 bits per heavy atom. The second-order valence-electron chi connectivity index (χ2n) is 6.34. The van der Waals surface area contributed by atoms with Gasteiger partial charge in [-0.15, -0.1) is 0 Å². The van der Waals surface area contributed by atoms with Gasteiger partial charge in [0.05, 0.1) is 13.1 Å². The molecule has 1 aliphatic rings. The summed E-state index contributed by atoms with van der Waals surface area (Å²) in [7, 11) is 1.57. The number of ketones is 1. The van der Waals surface area contributed by atoms with E-state index in [1.807, 2.05) is 30.3 Å². The van der Waals surface area contributed by atoms with E-state index in [0.717, 1.165) is 5.56 Å². The van der Waals surface area contributed by atoms with Gasteiger partial charge in [-0.25, -0.2) is 4.79 Å². The van der Waals surface area contributed by atoms with E-state index < -0.39 is 6.03 Å². The number of benzene rings is 2. The number of rotatable bonds is 4. The molecule has 4 rings (SSSR count). The van der Waals surface area contributed by atoms with Gasteiger partial charge in [-0.05, 0) is 29.8 Å². The zero-order valence-electron chi connectivity index (χ0n) is 15.1. The van der Waals surface area contributed by atoms with Crippen LogP contribution in [0.25, 0.3) is 0 Å². The molecule has 0 spiro atoms. The zero-order valence-corrected chi connectivity index (χ0v) is 15.8. The number of Topliss-reactive ketones (excluding diaryl/α,β-unsaturated/α-hetero) is 1. The maximum atomic E-state index is 12.7. The van der Waals surface area contributed by atoms with Crippen LogP contribution in [0.15, 0.2) is 54.6 Å². The Labute approximate surface area is 166 Å². The molecule has 2 heterocycles. The van der Waals surface area contributed by atoms with Crippen LogP contribution in [0.2, 0.25) is 5.02 Å². The van der Waals surface area contributed by atoms with Crippen LogP contribution in [-0.4, -0.2) is 35.0 Å². The number of halogens is 1. The summed E-state index contributed by atoms with van der Waals surface area (Å²) in [6.45, 7) is 0.239. The van der Waals surface area contributed by atoms with Crippen molar-refractivity contribution in [3.8, 4) is 11.8 Å². The number of urea groups is 1. The van der Waals surface area contributed by atoms with Crippen molar-refractivity contribution >= 4 is 29.2 Å². The molecule has 28 heavy (non-hydrogen) atoms. The predicted octanol–water partition coefficient (Wildman–Crippen LogP) is 3.72. The lowest BCUT2D eigenvalue weighted by Gasteiger charge is -2.12. The largest absolute Gasteiger partial charge is 0.425 e. The molecule has 0 saturated carbocycles. The summed E-state index contributed by atoms with van der Waals surface area (Å²) in [5.41, 5.74) is 1.24. The van der Waals surface area contributed by atoms with E-state index in [-0.39, 0.29) is 24.2 Å². The van der Waals surface area contributed by atoms with Crippen molar-refractivity contribution in [1.82, 2.24) is 14.9 Å². The molecular formula is C20H17ClN4O3. The predicted molar refractivity (Wildman–Crippen MR) is 105 cm³/mol. The van der Waals surface area contributed by atoms with Gasteiger partial charge in [-0.2, -0.15) is 4.98 Å². The fraction of sp³-hybridized carbons (Fsp3) is 0.150. The van der Waals surface area contributed by atoms with E-state index in [0.29, 0.717) is 23.0 Å². The topological polar surface area (TPSA) is 76.5 Å². The molecule has 0 saturated heterocycles. The fourth-order valence-corrected chi connectivity index (χ4v) is 3.10. The summed E-state index contributed by atoms with van der Waals surface area (Å²) in [6.07, 6.45) is 0. The molecule has 3 aromatic rings. The minimum absolute atomic E-state index is 0.104. The number of carbonyl (C=O) groups is 2. The Hall–Kier alpha value is -3.32. The highest BCUT2D eigenvalue weighted by atomic mass is 35.5. The summed E-state index contributed by atoms with van der Waals surface area (Å²) in [6, 6.07) is 16.3. The average molecular weight is 397 g/mol. The molecule has 0 bridgehead atoms. The number of fused-ring (bicyclic) bond motifs is 1. The Kier molecular flexibility index (Phi) is 4.75. The fourth-order valence-electron chi connectivity index (χ4n) is 2.97. The summed E-state index contributed by atoms with van der Waals surface area (Å²) < 4.78 is 7.63. The van der Waals surface area contributed by atoms with Crippen molar-refractivity contribution in [2.75, 3.05) is 18.5 Å². The van der Waals surface area contributed by atoms with Gasteiger partial charge < -0.3 is 10.1 Å². The number of imidazole rings is 1. The first-order chi connectivity index (χ1) is 13.5. The third-order valence-corrected chi connectivity index (χ3v) is 4.66. The lowest BCUT2D eigenvalue weighted by molar-refractivity contribution is 0.0986. The Morgan fingerprint density at radius 1 is 1.11 bits per heavy atom. The van der Waals surface area contributed by atoms with Crippen molar-refractivity contribution in [2.24, 2.45) is 0 Å². The van der Waals surface area contributed by atoms with Gasteiger partial charge in [0.1, 0.15) is 11.4 Å². The molecule has 0 fully saturated rings. The SMILES string of the molecule is CN1C(=O)NCC(=O)c2c1nc(Oc1ccccc1)n2Cc1ccc(Cl)cc1. The lowest BCUT2D eigenvalue weighted by atomic mass is 10.2. The van der Waals surface area contributed by atoms with Crippen LogP contribution < -0.4 is 15.0 Å². The third-order valence-electron chi connectivity index (χ3n) is 4.41. The van der Waals surface area contributed by atoms with Crippen LogP contribution in [-0.2, 0) is 6.54 Å². The Bertz CT molecular complexity index is 1030. The number of nitrogens with one attached hydrogen (secondary N) is 1. The summed E-state index contributed by atoms with van der Waals surface area (Å²) in [5, 5.41) is 3.20. The molecule has 1 aromatic heterocycles. The number of ether oxygens (including phenoxy) is 1. The highest BCUT2D eigenvalue weighted by Gasteiger charge is 2.32. The molecule has 0 radical (unpaired) electrons. The van der Waals surface area contributed by atoms with Gasteiger partial charge in [0.15, 0.2) is 5.82 Å². The van der Waals surface area contributed by atoms with E-state index in [9.17, 15) is 9.59 Å². The quantitative estimate of drug-likeness (QED) is 0.729. The third kappa shape index (κ3) is 3.44. The summed E-state index contributed by atoms with van der Waals surface area (Å²) in [5.74, 6) is 0.608. The molecule has 7 nitrogen and oxygen atoms in total. The van der Waals surface area contributed by atoms with Crippen molar-refractivity contribution < 1.29 is 14.3 Å². The second-order valence-corrected chi connectivity index (χ2v) is 6.77. The molecule has 2 amide bonds. The minimum atomic E-state index is -0.394. The van der Waals surface area contributed by atoms with E-state index in [2.05, 4.69) is 10.3 Å². The maximum absolute atomic E-state index is 12.7. The van der Waals surface area contributed by atoms with Crippen LogP contribution in [0.3, 0.4) is 0 Å². The van der Waals surface area contributed by atoms with Crippen molar-refractivity contribution in [1.29, 1.82) is 0 Å². The highest BCUT2D eigenvalue weighted by Crippen LogP contribution is 2.31. The number of amides is 2. The Morgan fingerprint density at radius 2 is 1.82 bits per heavy atom. The van der Waals surface area contributed by atoms with Gasteiger partial charge in [0.25, 0.3) is 0 Å². The van der Waals surface area contributed by atoms with Gasteiger partial charge in [0.2, 0.25) is 5.78 Å². The van der Waals surface area contributed by atoms with Crippen LogP contribution in [0.4, 0.5) is 10.6 Å². The first-order valence-electron chi connectivity index (χ1n) is 8.65. The van der Waals surface area contributed by atoms with E-state index >= 15 is 0 Å². The normalized spacial score (nSPS) is 13.7. The standard InChI is InChI=1S/C20H17ClN4O3/c1-24-18-17(16(26)11-22-19(24)27)25(12-13-7-9-14(21)10-8-13)20(23-18)28-15-5-3-2-4-6-15/h2-10H,11-12H2,1H3,(H,22,27). The van der Waals surface area contributed by atoms with Crippen LogP contribution >= 0.6 is 11.6 Å². The van der Waals surface area contributed by atoms with E-state index in [1.54, 1.807) is 35.9 Å². The van der Waals surface area contributed by atoms with Gasteiger partial charge in [0, 0.05) is 12.1 Å². The lowest BCUT2D eigenvalue weighted by Crippen LogP contribution is -2.37. The molecule has 8 heteroatoms. The molecule has 0 unspecified atom stereocenters. The number of hydrogen-bond acceptors (Lipinski definition) is 4. The number of hydrogen-bond donors (Lipinski definition) is 1. The summed E-state index contributed by atoms with van der Waals surface area (Å²) in [4.78, 5) is 30.7. The van der Waals surface area contributed by atoms with Crippen molar-refractivity contribution in [2.45, 2.75) is 6.54 Å². The number of carbonyl (C=O) groups excluding carboxylic acids is 2. The second kappa shape index (κ2) is 7.36. The van der Waals surface area contributed by atoms with E-state index in [1.165, 1.54) is 4.90 Å². The molecule has 1 aliphatic heterocycles. The van der Waals surface area contributed by atoms with Crippen LogP contribution in [0.5, 0.6) is 11.8 Å². The number of para-hydroxylation sites is 1. The first kappa shape index (κ1) is 18.1. The maximum Gasteiger partial charge on any atom is 0.323 e. The Balaban J connectivity index is 1.82.